The molecule has 28 heavy (non-hydrogen) atoms. The van der Waals surface area contributed by atoms with Gasteiger partial charge in [0.1, 0.15) is 0 Å². The summed E-state index contributed by atoms with van der Waals surface area (Å²) in [4.78, 5) is 36.5. The molecule has 140 valence electrons. The average Bonchev–Trinajstić information content (AvgIpc) is 2.69. The maximum atomic E-state index is 12.7. The van der Waals surface area contributed by atoms with Gasteiger partial charge in [-0.15, -0.1) is 0 Å². The number of rotatable bonds is 5. The van der Waals surface area contributed by atoms with Gasteiger partial charge in [0.15, 0.2) is 0 Å². The molecule has 0 saturated heterocycles. The van der Waals surface area contributed by atoms with Crippen LogP contribution >= 0.6 is 0 Å². The number of benzene rings is 3. The van der Waals surface area contributed by atoms with Crippen molar-refractivity contribution in [3.8, 4) is 0 Å². The predicted octanol–water partition coefficient (Wildman–Crippen LogP) is 4.20. The summed E-state index contributed by atoms with van der Waals surface area (Å²) in [5, 5.41) is 14.6. The zero-order valence-corrected chi connectivity index (χ0v) is 15.1. The molecule has 0 heterocycles. The monoisotopic (exact) mass is 374 g/mol. The van der Waals surface area contributed by atoms with Gasteiger partial charge in [-0.2, -0.15) is 0 Å². The minimum Gasteiger partial charge on any atom is -0.478 e. The maximum Gasteiger partial charge on any atom is 0.337 e. The van der Waals surface area contributed by atoms with Crippen molar-refractivity contribution in [2.45, 2.75) is 6.92 Å². The minimum atomic E-state index is -1.14. The van der Waals surface area contributed by atoms with Gasteiger partial charge in [-0.3, -0.25) is 9.59 Å². The van der Waals surface area contributed by atoms with Crippen molar-refractivity contribution >= 4 is 29.2 Å². The van der Waals surface area contributed by atoms with Gasteiger partial charge in [0.2, 0.25) is 0 Å². The molecule has 3 rings (SSSR count). The summed E-state index contributed by atoms with van der Waals surface area (Å²) < 4.78 is 0. The summed E-state index contributed by atoms with van der Waals surface area (Å²) in [6, 6.07) is 19.7. The van der Waals surface area contributed by atoms with E-state index >= 15 is 0 Å². The third-order valence-electron chi connectivity index (χ3n) is 4.14. The fourth-order valence-corrected chi connectivity index (χ4v) is 2.66. The number of aryl methyl sites for hydroxylation is 1. The molecule has 2 amide bonds. The lowest BCUT2D eigenvalue weighted by Gasteiger charge is -2.13. The molecule has 6 nitrogen and oxygen atoms in total. The van der Waals surface area contributed by atoms with E-state index in [2.05, 4.69) is 10.6 Å². The Kier molecular flexibility index (Phi) is 5.50. The van der Waals surface area contributed by atoms with E-state index in [0.29, 0.717) is 11.3 Å². The van der Waals surface area contributed by atoms with E-state index in [1.54, 1.807) is 48.5 Å². The van der Waals surface area contributed by atoms with Crippen LogP contribution in [0.15, 0.2) is 72.8 Å². The van der Waals surface area contributed by atoms with E-state index in [4.69, 9.17) is 0 Å². The predicted molar refractivity (Wildman–Crippen MR) is 107 cm³/mol. The van der Waals surface area contributed by atoms with Crippen LogP contribution in [0.25, 0.3) is 0 Å². The lowest BCUT2D eigenvalue weighted by Crippen LogP contribution is -2.19. The number of anilines is 2. The molecule has 0 saturated carbocycles. The zero-order valence-electron chi connectivity index (χ0n) is 15.1. The number of aromatic carboxylic acids is 1. The SMILES string of the molecule is Cc1ccc(C(=O)Nc2ccccc2C(=O)Nc2ccccc2C(=O)O)cc1. The van der Waals surface area contributed by atoms with Crippen LogP contribution in [0.3, 0.4) is 0 Å². The van der Waals surface area contributed by atoms with E-state index in [0.717, 1.165) is 5.56 Å². The quantitative estimate of drug-likeness (QED) is 0.624. The molecule has 0 unspecified atom stereocenters. The molecule has 0 spiro atoms. The van der Waals surface area contributed by atoms with E-state index in [-0.39, 0.29) is 22.7 Å². The topological polar surface area (TPSA) is 95.5 Å². The van der Waals surface area contributed by atoms with Gasteiger partial charge < -0.3 is 15.7 Å². The fraction of sp³-hybridized carbons (Fsp3) is 0.0455. The van der Waals surface area contributed by atoms with Crippen molar-refractivity contribution in [1.29, 1.82) is 0 Å². The number of carboxylic acid groups (broad SMARTS) is 1. The van der Waals surface area contributed by atoms with Crippen molar-refractivity contribution in [3.63, 3.8) is 0 Å². The molecular formula is C22H18N2O4. The first kappa shape index (κ1) is 18.8. The molecule has 0 aliphatic carbocycles. The second-order valence-corrected chi connectivity index (χ2v) is 6.17. The second-order valence-electron chi connectivity index (χ2n) is 6.17. The van der Waals surface area contributed by atoms with E-state index in [9.17, 15) is 19.5 Å². The van der Waals surface area contributed by atoms with Crippen LogP contribution < -0.4 is 10.6 Å². The van der Waals surface area contributed by atoms with Crippen LogP contribution in [0.5, 0.6) is 0 Å². The molecule has 0 fully saturated rings. The Morgan fingerprint density at radius 2 is 1.18 bits per heavy atom. The third-order valence-corrected chi connectivity index (χ3v) is 4.14. The van der Waals surface area contributed by atoms with E-state index in [1.165, 1.54) is 12.1 Å². The first-order valence-electron chi connectivity index (χ1n) is 8.56. The van der Waals surface area contributed by atoms with Gasteiger partial charge in [0.25, 0.3) is 11.8 Å². The third kappa shape index (κ3) is 4.24. The molecule has 3 aromatic carbocycles. The van der Waals surface area contributed by atoms with Gasteiger partial charge in [-0.25, -0.2) is 4.79 Å². The molecule has 0 radical (unpaired) electrons. The van der Waals surface area contributed by atoms with E-state index < -0.39 is 11.9 Å². The Morgan fingerprint density at radius 1 is 0.679 bits per heavy atom. The van der Waals surface area contributed by atoms with Crippen LogP contribution in [0.1, 0.15) is 36.6 Å². The number of hydrogen-bond donors (Lipinski definition) is 3. The number of amides is 2. The first-order valence-corrected chi connectivity index (χ1v) is 8.56. The van der Waals surface area contributed by atoms with Gasteiger partial charge >= 0.3 is 5.97 Å². The summed E-state index contributed by atoms with van der Waals surface area (Å²) in [5.41, 5.74) is 2.23. The number of carbonyl (C=O) groups is 3. The smallest absolute Gasteiger partial charge is 0.337 e. The molecule has 6 heteroatoms. The van der Waals surface area contributed by atoms with Crippen molar-refractivity contribution in [1.82, 2.24) is 0 Å². The van der Waals surface area contributed by atoms with Gasteiger partial charge in [0.05, 0.1) is 22.5 Å². The van der Waals surface area contributed by atoms with Crippen LogP contribution in [0.2, 0.25) is 0 Å². The summed E-state index contributed by atoms with van der Waals surface area (Å²) >= 11 is 0. The zero-order chi connectivity index (χ0) is 20.1. The number of para-hydroxylation sites is 2. The number of carboxylic acids is 1. The Morgan fingerprint density at radius 3 is 1.79 bits per heavy atom. The summed E-state index contributed by atoms with van der Waals surface area (Å²) in [5.74, 6) is -2.00. The Bertz CT molecular complexity index is 1040. The van der Waals surface area contributed by atoms with Crippen molar-refractivity contribution in [2.24, 2.45) is 0 Å². The lowest BCUT2D eigenvalue weighted by atomic mass is 10.1. The average molecular weight is 374 g/mol. The highest BCUT2D eigenvalue weighted by atomic mass is 16.4. The number of carbonyl (C=O) groups excluding carboxylic acids is 2. The normalized spacial score (nSPS) is 10.2. The summed E-state index contributed by atoms with van der Waals surface area (Å²) in [6.07, 6.45) is 0. The van der Waals surface area contributed by atoms with Gasteiger partial charge in [-0.1, -0.05) is 42.0 Å². The second kappa shape index (κ2) is 8.18. The van der Waals surface area contributed by atoms with Crippen LogP contribution in [-0.2, 0) is 0 Å². The molecule has 3 aromatic rings. The largest absolute Gasteiger partial charge is 0.478 e. The number of hydrogen-bond acceptors (Lipinski definition) is 3. The van der Waals surface area contributed by atoms with Crippen molar-refractivity contribution < 1.29 is 19.5 Å². The highest BCUT2D eigenvalue weighted by Gasteiger charge is 2.17. The Balaban J connectivity index is 1.84. The highest BCUT2D eigenvalue weighted by molar-refractivity contribution is 6.13. The van der Waals surface area contributed by atoms with Crippen molar-refractivity contribution in [3.05, 3.63) is 95.1 Å². The summed E-state index contributed by atoms with van der Waals surface area (Å²) in [7, 11) is 0. The molecule has 3 N–H and O–H groups in total. The van der Waals surface area contributed by atoms with Crippen LogP contribution in [0.4, 0.5) is 11.4 Å². The Labute approximate surface area is 161 Å². The maximum absolute atomic E-state index is 12.7. The van der Waals surface area contributed by atoms with Gasteiger partial charge in [-0.05, 0) is 43.3 Å². The number of nitrogens with one attached hydrogen (secondary N) is 2. The Hall–Kier alpha value is -3.93. The van der Waals surface area contributed by atoms with Gasteiger partial charge in [0, 0.05) is 5.56 Å². The molecule has 0 aliphatic heterocycles. The van der Waals surface area contributed by atoms with Crippen LogP contribution in [-0.4, -0.2) is 22.9 Å². The fourth-order valence-electron chi connectivity index (χ4n) is 2.66. The minimum absolute atomic E-state index is 0.0166. The molecular weight excluding hydrogens is 356 g/mol. The molecule has 0 bridgehead atoms. The highest BCUT2D eigenvalue weighted by Crippen LogP contribution is 2.21. The van der Waals surface area contributed by atoms with Crippen LogP contribution in [0, 0.1) is 6.92 Å². The summed E-state index contributed by atoms with van der Waals surface area (Å²) in [6.45, 7) is 1.93. The standard InChI is InChI=1S/C22H18N2O4/c1-14-10-12-15(13-11-14)20(25)23-18-8-4-2-6-16(18)21(26)24-19-9-5-3-7-17(19)22(27)28/h2-13H,1H3,(H,23,25)(H,24,26)(H,27,28). The van der Waals surface area contributed by atoms with E-state index in [1.807, 2.05) is 19.1 Å². The lowest BCUT2D eigenvalue weighted by molar-refractivity contribution is 0.0697. The van der Waals surface area contributed by atoms with Crippen molar-refractivity contribution in [2.75, 3.05) is 10.6 Å². The molecule has 0 aromatic heterocycles. The molecule has 0 aliphatic rings. The first-order chi connectivity index (χ1) is 13.5. The molecule has 0 atom stereocenters.